The molecule has 2 heteroatoms. The molecule has 2 unspecified atom stereocenters. The maximum Gasteiger partial charge on any atom is 0.255 e. The molecule has 1 amide bonds. The van der Waals surface area contributed by atoms with E-state index in [9.17, 15) is 4.79 Å². The van der Waals surface area contributed by atoms with Crippen LogP contribution in [0.2, 0.25) is 0 Å². The highest BCUT2D eigenvalue weighted by Gasteiger charge is 2.36. The minimum atomic E-state index is -0.0549. The lowest BCUT2D eigenvalue weighted by Crippen LogP contribution is -2.11. The van der Waals surface area contributed by atoms with Crippen molar-refractivity contribution < 1.29 is 4.79 Å². The first-order valence-electron chi connectivity index (χ1n) is 8.64. The maximum absolute atomic E-state index is 12.6. The molecule has 1 aliphatic carbocycles. The number of nitrogens with one attached hydrogen (secondary N) is 1. The molecule has 1 saturated carbocycles. The SMILES string of the molecule is CCC1CC1c1cccc(NC(=O)c2ccc3ccccc3c2)c1. The number of hydrogen-bond donors (Lipinski definition) is 1. The molecule has 3 aromatic carbocycles. The zero-order chi connectivity index (χ0) is 16.5. The van der Waals surface area contributed by atoms with Crippen LogP contribution in [0.1, 0.15) is 41.6 Å². The molecule has 1 fully saturated rings. The van der Waals surface area contributed by atoms with Crippen LogP contribution in [0.15, 0.2) is 66.7 Å². The van der Waals surface area contributed by atoms with Gasteiger partial charge in [-0.3, -0.25) is 4.79 Å². The Balaban J connectivity index is 1.54. The molecule has 120 valence electrons. The third kappa shape index (κ3) is 2.92. The quantitative estimate of drug-likeness (QED) is 0.666. The Hall–Kier alpha value is -2.61. The van der Waals surface area contributed by atoms with Crippen molar-refractivity contribution in [3.8, 4) is 0 Å². The molecule has 2 atom stereocenters. The molecule has 0 saturated heterocycles. The van der Waals surface area contributed by atoms with Crippen molar-refractivity contribution in [1.82, 2.24) is 0 Å². The van der Waals surface area contributed by atoms with Crippen molar-refractivity contribution in [3.05, 3.63) is 77.9 Å². The number of hydrogen-bond acceptors (Lipinski definition) is 1. The first kappa shape index (κ1) is 14.9. The Bertz CT molecular complexity index is 899. The van der Waals surface area contributed by atoms with Crippen LogP contribution in [-0.2, 0) is 0 Å². The molecular formula is C22H21NO. The lowest BCUT2D eigenvalue weighted by Gasteiger charge is -2.08. The van der Waals surface area contributed by atoms with Crippen molar-refractivity contribution in [2.24, 2.45) is 5.92 Å². The Morgan fingerprint density at radius 1 is 1.00 bits per heavy atom. The van der Waals surface area contributed by atoms with Crippen LogP contribution >= 0.6 is 0 Å². The minimum Gasteiger partial charge on any atom is -0.322 e. The summed E-state index contributed by atoms with van der Waals surface area (Å²) in [5.74, 6) is 1.43. The largest absolute Gasteiger partial charge is 0.322 e. The molecule has 0 bridgehead atoms. The van der Waals surface area contributed by atoms with E-state index in [4.69, 9.17) is 0 Å². The number of carbonyl (C=O) groups is 1. The third-order valence-electron chi connectivity index (χ3n) is 5.03. The second kappa shape index (κ2) is 6.12. The number of amides is 1. The number of benzene rings is 3. The molecule has 0 aliphatic heterocycles. The number of fused-ring (bicyclic) bond motifs is 1. The lowest BCUT2D eigenvalue weighted by molar-refractivity contribution is 0.102. The van der Waals surface area contributed by atoms with E-state index in [1.807, 2.05) is 48.5 Å². The monoisotopic (exact) mass is 315 g/mol. The fraction of sp³-hybridized carbons (Fsp3) is 0.227. The summed E-state index contributed by atoms with van der Waals surface area (Å²) >= 11 is 0. The van der Waals surface area contributed by atoms with Crippen LogP contribution in [0, 0.1) is 5.92 Å². The van der Waals surface area contributed by atoms with Gasteiger partial charge < -0.3 is 5.32 Å². The summed E-state index contributed by atoms with van der Waals surface area (Å²) in [5, 5.41) is 5.27. The molecule has 1 N–H and O–H groups in total. The van der Waals surface area contributed by atoms with Gasteiger partial charge in [-0.05, 0) is 58.9 Å². The van der Waals surface area contributed by atoms with Crippen molar-refractivity contribution in [2.45, 2.75) is 25.7 Å². The highest BCUT2D eigenvalue weighted by molar-refractivity contribution is 6.06. The number of carbonyl (C=O) groups excluding carboxylic acids is 1. The fourth-order valence-electron chi connectivity index (χ4n) is 3.49. The summed E-state index contributed by atoms with van der Waals surface area (Å²) < 4.78 is 0. The predicted molar refractivity (Wildman–Crippen MR) is 99.5 cm³/mol. The van der Waals surface area contributed by atoms with Crippen LogP contribution in [-0.4, -0.2) is 5.91 Å². The smallest absolute Gasteiger partial charge is 0.255 e. The Morgan fingerprint density at radius 2 is 1.83 bits per heavy atom. The molecule has 4 rings (SSSR count). The van der Waals surface area contributed by atoms with E-state index < -0.39 is 0 Å². The Labute approximate surface area is 142 Å². The predicted octanol–water partition coefficient (Wildman–Crippen LogP) is 5.61. The number of rotatable bonds is 4. The van der Waals surface area contributed by atoms with E-state index >= 15 is 0 Å². The average molecular weight is 315 g/mol. The zero-order valence-electron chi connectivity index (χ0n) is 13.8. The lowest BCUT2D eigenvalue weighted by atomic mass is 10.1. The topological polar surface area (TPSA) is 29.1 Å². The molecule has 0 spiro atoms. The van der Waals surface area contributed by atoms with Gasteiger partial charge in [0.1, 0.15) is 0 Å². The average Bonchev–Trinajstić information content (AvgIpc) is 3.41. The first-order chi connectivity index (χ1) is 11.7. The van der Waals surface area contributed by atoms with E-state index in [0.29, 0.717) is 11.5 Å². The van der Waals surface area contributed by atoms with Gasteiger partial charge in [-0.25, -0.2) is 0 Å². The van der Waals surface area contributed by atoms with Gasteiger partial charge in [0.2, 0.25) is 0 Å². The van der Waals surface area contributed by atoms with Crippen LogP contribution in [0.4, 0.5) is 5.69 Å². The molecule has 3 aromatic rings. The first-order valence-corrected chi connectivity index (χ1v) is 8.64. The van der Waals surface area contributed by atoms with Crippen LogP contribution in [0.5, 0.6) is 0 Å². The summed E-state index contributed by atoms with van der Waals surface area (Å²) in [6, 6.07) is 22.2. The normalized spacial score (nSPS) is 19.2. The van der Waals surface area contributed by atoms with E-state index in [2.05, 4.69) is 30.4 Å². The summed E-state index contributed by atoms with van der Waals surface area (Å²) in [4.78, 5) is 12.6. The Morgan fingerprint density at radius 3 is 2.62 bits per heavy atom. The molecule has 0 radical (unpaired) electrons. The van der Waals surface area contributed by atoms with E-state index in [1.165, 1.54) is 18.4 Å². The fourth-order valence-corrected chi connectivity index (χ4v) is 3.49. The number of anilines is 1. The molecule has 2 nitrogen and oxygen atoms in total. The van der Waals surface area contributed by atoms with Crippen molar-refractivity contribution in [3.63, 3.8) is 0 Å². The molecular weight excluding hydrogens is 294 g/mol. The van der Waals surface area contributed by atoms with Gasteiger partial charge in [-0.15, -0.1) is 0 Å². The summed E-state index contributed by atoms with van der Waals surface area (Å²) in [6.45, 7) is 2.25. The van der Waals surface area contributed by atoms with Crippen LogP contribution in [0.3, 0.4) is 0 Å². The highest BCUT2D eigenvalue weighted by atomic mass is 16.1. The van der Waals surface area contributed by atoms with Crippen LogP contribution in [0.25, 0.3) is 10.8 Å². The van der Waals surface area contributed by atoms with Gasteiger partial charge in [-0.1, -0.05) is 55.8 Å². The molecule has 1 aliphatic rings. The van der Waals surface area contributed by atoms with Gasteiger partial charge in [0, 0.05) is 11.3 Å². The van der Waals surface area contributed by atoms with Gasteiger partial charge in [0.15, 0.2) is 0 Å². The second-order valence-corrected chi connectivity index (χ2v) is 6.65. The molecule has 0 aromatic heterocycles. The maximum atomic E-state index is 12.6. The molecule has 0 heterocycles. The summed E-state index contributed by atoms with van der Waals surface area (Å²) in [7, 11) is 0. The summed E-state index contributed by atoms with van der Waals surface area (Å²) in [5.41, 5.74) is 2.92. The van der Waals surface area contributed by atoms with E-state index in [1.54, 1.807) is 0 Å². The molecule has 24 heavy (non-hydrogen) atoms. The zero-order valence-corrected chi connectivity index (χ0v) is 13.8. The Kier molecular flexibility index (Phi) is 3.81. The van der Waals surface area contributed by atoms with Crippen molar-refractivity contribution in [1.29, 1.82) is 0 Å². The van der Waals surface area contributed by atoms with Gasteiger partial charge in [-0.2, -0.15) is 0 Å². The van der Waals surface area contributed by atoms with E-state index in [0.717, 1.165) is 22.4 Å². The van der Waals surface area contributed by atoms with Gasteiger partial charge >= 0.3 is 0 Å². The standard InChI is InChI=1S/C22H21NO/c1-2-15-14-21(15)18-8-5-9-20(13-18)23-22(24)19-11-10-16-6-3-4-7-17(16)12-19/h3-13,15,21H,2,14H2,1H3,(H,23,24). The summed E-state index contributed by atoms with van der Waals surface area (Å²) in [6.07, 6.45) is 2.51. The van der Waals surface area contributed by atoms with Crippen LogP contribution < -0.4 is 5.32 Å². The van der Waals surface area contributed by atoms with Gasteiger partial charge in [0.25, 0.3) is 5.91 Å². The second-order valence-electron chi connectivity index (χ2n) is 6.65. The van der Waals surface area contributed by atoms with E-state index in [-0.39, 0.29) is 5.91 Å². The minimum absolute atomic E-state index is 0.0549. The van der Waals surface area contributed by atoms with Crippen molar-refractivity contribution >= 4 is 22.4 Å². The highest BCUT2D eigenvalue weighted by Crippen LogP contribution is 2.49. The van der Waals surface area contributed by atoms with Crippen molar-refractivity contribution in [2.75, 3.05) is 5.32 Å². The van der Waals surface area contributed by atoms with Gasteiger partial charge in [0.05, 0.1) is 0 Å². The third-order valence-corrected chi connectivity index (χ3v) is 5.03.